The number of rotatable bonds is 2. The molecule has 1 N–H and O–H groups in total. The van der Waals surface area contributed by atoms with Crippen LogP contribution in [0, 0.1) is 0 Å². The Kier molecular flexibility index (Phi) is 4.04. The molecule has 1 unspecified atom stereocenters. The highest BCUT2D eigenvalue weighted by Gasteiger charge is 2.44. The molecule has 0 saturated carbocycles. The highest BCUT2D eigenvalue weighted by Crippen LogP contribution is 2.32. The fraction of sp³-hybridized carbons (Fsp3) is 1.00. The third-order valence-electron chi connectivity index (χ3n) is 4.36. The van der Waals surface area contributed by atoms with Crippen molar-refractivity contribution >= 4 is 10.2 Å². The molecule has 1 spiro atoms. The van der Waals surface area contributed by atoms with Gasteiger partial charge in [-0.1, -0.05) is 0 Å². The van der Waals surface area contributed by atoms with Crippen molar-refractivity contribution < 1.29 is 17.9 Å². The highest BCUT2D eigenvalue weighted by molar-refractivity contribution is 7.86. The molecule has 3 aliphatic heterocycles. The Hall–Kier alpha value is -0.250. The van der Waals surface area contributed by atoms with Gasteiger partial charge >= 0.3 is 0 Å². The van der Waals surface area contributed by atoms with Crippen molar-refractivity contribution in [3.8, 4) is 0 Å². The first-order valence-electron chi connectivity index (χ1n) is 7.29. The lowest BCUT2D eigenvalue weighted by molar-refractivity contribution is -0.179. The number of hydrogen-bond acceptors (Lipinski definition) is 5. The Morgan fingerprint density at radius 2 is 1.80 bits per heavy atom. The maximum Gasteiger partial charge on any atom is 0.282 e. The van der Waals surface area contributed by atoms with Gasteiger partial charge in [0, 0.05) is 51.6 Å². The number of piperidine rings is 1. The van der Waals surface area contributed by atoms with E-state index in [1.807, 2.05) is 6.92 Å². The fourth-order valence-corrected chi connectivity index (χ4v) is 4.95. The van der Waals surface area contributed by atoms with E-state index in [9.17, 15) is 8.42 Å². The quantitative estimate of drug-likeness (QED) is 0.735. The van der Waals surface area contributed by atoms with Gasteiger partial charge < -0.3 is 14.8 Å². The van der Waals surface area contributed by atoms with Crippen LogP contribution < -0.4 is 5.32 Å². The fourth-order valence-electron chi connectivity index (χ4n) is 3.16. The van der Waals surface area contributed by atoms with E-state index in [1.54, 1.807) is 8.61 Å². The van der Waals surface area contributed by atoms with Gasteiger partial charge in [0.2, 0.25) is 0 Å². The summed E-state index contributed by atoms with van der Waals surface area (Å²) in [7, 11) is -3.36. The maximum absolute atomic E-state index is 12.7. The molecule has 20 heavy (non-hydrogen) atoms. The van der Waals surface area contributed by atoms with Gasteiger partial charge in [-0.05, 0) is 6.92 Å². The number of ether oxygens (including phenoxy) is 2. The number of nitrogens with one attached hydrogen (secondary N) is 1. The molecule has 7 nitrogen and oxygen atoms in total. The van der Waals surface area contributed by atoms with Crippen molar-refractivity contribution in [2.75, 3.05) is 45.9 Å². The summed E-state index contributed by atoms with van der Waals surface area (Å²) >= 11 is 0. The zero-order valence-corrected chi connectivity index (χ0v) is 12.7. The summed E-state index contributed by atoms with van der Waals surface area (Å²) in [5.74, 6) is -0.527. The van der Waals surface area contributed by atoms with Gasteiger partial charge in [-0.2, -0.15) is 17.0 Å². The molecule has 8 heteroatoms. The van der Waals surface area contributed by atoms with Crippen LogP contribution in [0.1, 0.15) is 19.8 Å². The summed E-state index contributed by atoms with van der Waals surface area (Å²) in [5, 5.41) is 3.21. The van der Waals surface area contributed by atoms with Crippen LogP contribution >= 0.6 is 0 Å². The Balaban J connectivity index is 1.67. The molecule has 0 amide bonds. The lowest BCUT2D eigenvalue weighted by Gasteiger charge is -2.41. The molecule has 3 heterocycles. The molecule has 116 valence electrons. The minimum atomic E-state index is -3.36. The molecule has 3 rings (SSSR count). The summed E-state index contributed by atoms with van der Waals surface area (Å²) in [6.07, 6.45) is 1.24. The normalized spacial score (nSPS) is 32.8. The highest BCUT2D eigenvalue weighted by atomic mass is 32.2. The summed E-state index contributed by atoms with van der Waals surface area (Å²) in [4.78, 5) is 0. The van der Waals surface area contributed by atoms with Crippen LogP contribution in [0.15, 0.2) is 0 Å². The molecular weight excluding hydrogens is 282 g/mol. The molecule has 0 bridgehead atoms. The van der Waals surface area contributed by atoms with Gasteiger partial charge in [0.05, 0.1) is 13.2 Å². The van der Waals surface area contributed by atoms with Crippen LogP contribution in [0.5, 0.6) is 0 Å². The van der Waals surface area contributed by atoms with Crippen molar-refractivity contribution in [3.05, 3.63) is 0 Å². The minimum Gasteiger partial charge on any atom is -0.347 e. The zero-order valence-electron chi connectivity index (χ0n) is 11.9. The molecule has 0 aromatic carbocycles. The Bertz CT molecular complexity index is 440. The van der Waals surface area contributed by atoms with Gasteiger partial charge in [0.25, 0.3) is 10.2 Å². The van der Waals surface area contributed by atoms with Crippen LogP contribution in [0.4, 0.5) is 0 Å². The Morgan fingerprint density at radius 1 is 1.15 bits per heavy atom. The topological polar surface area (TPSA) is 71.1 Å². The molecule has 3 saturated heterocycles. The first-order valence-corrected chi connectivity index (χ1v) is 8.69. The molecule has 0 radical (unpaired) electrons. The third-order valence-corrected chi connectivity index (χ3v) is 6.51. The van der Waals surface area contributed by atoms with Crippen LogP contribution in [0.2, 0.25) is 0 Å². The number of piperazine rings is 1. The van der Waals surface area contributed by atoms with Crippen molar-refractivity contribution in [1.29, 1.82) is 0 Å². The van der Waals surface area contributed by atoms with Crippen LogP contribution in [-0.2, 0) is 19.7 Å². The van der Waals surface area contributed by atoms with Crippen molar-refractivity contribution in [3.63, 3.8) is 0 Å². The predicted octanol–water partition coefficient (Wildman–Crippen LogP) is -0.636. The molecule has 3 fully saturated rings. The minimum absolute atomic E-state index is 0.00335. The zero-order chi connectivity index (χ0) is 14.2. The van der Waals surface area contributed by atoms with Crippen molar-refractivity contribution in [2.45, 2.75) is 31.6 Å². The van der Waals surface area contributed by atoms with Gasteiger partial charge in [-0.25, -0.2) is 0 Å². The number of nitrogens with zero attached hydrogens (tertiary/aromatic N) is 2. The van der Waals surface area contributed by atoms with E-state index in [0.717, 1.165) is 0 Å². The third kappa shape index (κ3) is 2.60. The van der Waals surface area contributed by atoms with E-state index in [1.165, 1.54) is 0 Å². The summed E-state index contributed by atoms with van der Waals surface area (Å²) in [5.41, 5.74) is 0. The predicted molar refractivity (Wildman–Crippen MR) is 73.4 cm³/mol. The smallest absolute Gasteiger partial charge is 0.282 e. The molecule has 0 aromatic rings. The van der Waals surface area contributed by atoms with E-state index in [-0.39, 0.29) is 6.04 Å². The van der Waals surface area contributed by atoms with Gasteiger partial charge in [0.1, 0.15) is 0 Å². The Labute approximate surface area is 120 Å². The van der Waals surface area contributed by atoms with E-state index in [4.69, 9.17) is 9.47 Å². The summed E-state index contributed by atoms with van der Waals surface area (Å²) in [6.45, 7) is 6.08. The molecular formula is C12H23N3O4S. The first-order chi connectivity index (χ1) is 9.54. The SMILES string of the molecule is CC1CNCCN1S(=O)(=O)N1CCC2(CC1)OCCO2. The summed E-state index contributed by atoms with van der Waals surface area (Å²) in [6, 6.07) is 0.00335. The van der Waals surface area contributed by atoms with E-state index < -0.39 is 16.0 Å². The van der Waals surface area contributed by atoms with Crippen molar-refractivity contribution in [1.82, 2.24) is 13.9 Å². The molecule has 0 aliphatic carbocycles. The average Bonchev–Trinajstić information content (AvgIpc) is 2.88. The lowest BCUT2D eigenvalue weighted by atomic mass is 10.1. The van der Waals surface area contributed by atoms with E-state index >= 15 is 0 Å². The van der Waals surface area contributed by atoms with Gasteiger partial charge in [-0.3, -0.25) is 0 Å². The Morgan fingerprint density at radius 3 is 2.40 bits per heavy atom. The maximum atomic E-state index is 12.7. The lowest BCUT2D eigenvalue weighted by Crippen LogP contribution is -2.58. The average molecular weight is 305 g/mol. The second kappa shape index (κ2) is 5.51. The summed E-state index contributed by atoms with van der Waals surface area (Å²) < 4.78 is 39.9. The second-order valence-electron chi connectivity index (χ2n) is 5.68. The monoisotopic (exact) mass is 305 g/mol. The molecule has 3 aliphatic rings. The first kappa shape index (κ1) is 14.7. The van der Waals surface area contributed by atoms with Gasteiger partial charge in [0.15, 0.2) is 5.79 Å². The van der Waals surface area contributed by atoms with Crippen LogP contribution in [-0.4, -0.2) is 74.8 Å². The molecule has 1 atom stereocenters. The standard InChI is InChI=1S/C12H23N3O4S/c1-11-10-13-4-7-15(11)20(16,17)14-5-2-12(3-6-14)18-8-9-19-12/h11,13H,2-10H2,1H3. The second-order valence-corrected chi connectivity index (χ2v) is 7.56. The van der Waals surface area contributed by atoms with Crippen molar-refractivity contribution in [2.24, 2.45) is 0 Å². The molecule has 0 aromatic heterocycles. The van der Waals surface area contributed by atoms with E-state index in [2.05, 4.69) is 5.32 Å². The van der Waals surface area contributed by atoms with E-state index in [0.29, 0.717) is 58.8 Å². The van der Waals surface area contributed by atoms with Gasteiger partial charge in [-0.15, -0.1) is 0 Å². The largest absolute Gasteiger partial charge is 0.347 e. The van der Waals surface area contributed by atoms with Crippen LogP contribution in [0.3, 0.4) is 0 Å². The number of hydrogen-bond donors (Lipinski definition) is 1. The van der Waals surface area contributed by atoms with Crippen LogP contribution in [0.25, 0.3) is 0 Å².